The van der Waals surface area contributed by atoms with Gasteiger partial charge in [0.2, 0.25) is 0 Å². The molecule has 0 heterocycles. The van der Waals surface area contributed by atoms with Crippen LogP contribution in [0.1, 0.15) is 71.1 Å². The molecule has 0 aromatic rings. The predicted molar refractivity (Wildman–Crippen MR) is 63.9 cm³/mol. The normalized spacial score (nSPS) is 10.2. The summed E-state index contributed by atoms with van der Waals surface area (Å²) in [7, 11) is 0. The number of hydrogen-bond acceptors (Lipinski definition) is 2. The maximum atomic E-state index is 9.84. The second-order valence-electron chi connectivity index (χ2n) is 4.15. The molecule has 0 bridgehead atoms. The molecule has 2 heteroatoms. The van der Waals surface area contributed by atoms with Gasteiger partial charge >= 0.3 is 0 Å². The minimum absolute atomic E-state index is 0.535. The smallest absolute Gasteiger partial charge is 0.293 e. The molecule has 0 aromatic carbocycles. The van der Waals surface area contributed by atoms with Crippen LogP contribution in [0.2, 0.25) is 0 Å². The average molecular weight is 214 g/mol. The zero-order chi connectivity index (χ0) is 11.2. The van der Waals surface area contributed by atoms with Crippen LogP contribution in [-0.4, -0.2) is 13.1 Å². The highest BCUT2D eigenvalue weighted by atomic mass is 16.5. The van der Waals surface area contributed by atoms with Crippen molar-refractivity contribution in [3.05, 3.63) is 0 Å². The molecule has 0 amide bonds. The van der Waals surface area contributed by atoms with Crippen LogP contribution in [0.3, 0.4) is 0 Å². The summed E-state index contributed by atoms with van der Waals surface area (Å²) >= 11 is 0. The fraction of sp³-hybridized carbons (Fsp3) is 0.923. The molecule has 0 unspecified atom stereocenters. The molecule has 0 N–H and O–H groups in total. The average Bonchev–Trinajstić information content (AvgIpc) is 2.26. The molecule has 0 aromatic heterocycles. The second-order valence-corrected chi connectivity index (χ2v) is 4.15. The molecule has 0 saturated heterocycles. The number of ether oxygens (including phenoxy) is 1. The molecule has 0 aliphatic rings. The molecule has 0 atom stereocenters. The molecule has 0 radical (unpaired) electrons. The van der Waals surface area contributed by atoms with Gasteiger partial charge in [-0.05, 0) is 6.42 Å². The van der Waals surface area contributed by atoms with E-state index in [-0.39, 0.29) is 0 Å². The molecule has 0 fully saturated rings. The van der Waals surface area contributed by atoms with E-state index in [0.717, 1.165) is 6.42 Å². The van der Waals surface area contributed by atoms with Crippen LogP contribution in [0.15, 0.2) is 0 Å². The minimum atomic E-state index is 0.535. The SMILES string of the molecule is CCCCCCCCCCCCOC=O. The summed E-state index contributed by atoms with van der Waals surface area (Å²) in [5.74, 6) is 0. The molecular weight excluding hydrogens is 188 g/mol. The zero-order valence-corrected chi connectivity index (χ0v) is 10.2. The summed E-state index contributed by atoms with van der Waals surface area (Å²) in [5.41, 5.74) is 0. The van der Waals surface area contributed by atoms with E-state index < -0.39 is 0 Å². The first-order valence-electron chi connectivity index (χ1n) is 6.47. The lowest BCUT2D eigenvalue weighted by Crippen LogP contribution is -1.91. The molecule has 0 aliphatic heterocycles. The van der Waals surface area contributed by atoms with E-state index in [1.165, 1.54) is 57.8 Å². The van der Waals surface area contributed by atoms with Gasteiger partial charge in [0.05, 0.1) is 6.61 Å². The molecule has 90 valence electrons. The van der Waals surface area contributed by atoms with E-state index in [0.29, 0.717) is 13.1 Å². The van der Waals surface area contributed by atoms with Crippen molar-refractivity contribution in [2.45, 2.75) is 71.1 Å². The lowest BCUT2D eigenvalue weighted by atomic mass is 10.1. The number of hydrogen-bond donors (Lipinski definition) is 0. The summed E-state index contributed by atoms with van der Waals surface area (Å²) in [6.07, 6.45) is 13.1. The highest BCUT2D eigenvalue weighted by Crippen LogP contribution is 2.10. The Kier molecular flexibility index (Phi) is 13.0. The Balaban J connectivity index is 2.83. The number of rotatable bonds is 12. The second kappa shape index (κ2) is 13.5. The van der Waals surface area contributed by atoms with Crippen LogP contribution < -0.4 is 0 Å². The number of unbranched alkanes of at least 4 members (excludes halogenated alkanes) is 9. The van der Waals surface area contributed by atoms with Crippen molar-refractivity contribution in [3.63, 3.8) is 0 Å². The molecule has 0 spiro atoms. The Labute approximate surface area is 94.4 Å². The Morgan fingerprint density at radius 1 is 0.800 bits per heavy atom. The van der Waals surface area contributed by atoms with Crippen LogP contribution in [0, 0.1) is 0 Å². The van der Waals surface area contributed by atoms with Gasteiger partial charge in [-0.3, -0.25) is 4.79 Å². The summed E-state index contributed by atoms with van der Waals surface area (Å²) in [6.45, 7) is 3.38. The standard InChI is InChI=1S/C13H26O2/c1-2-3-4-5-6-7-8-9-10-11-12-15-13-14/h13H,2-12H2,1H3. The molecular formula is C13H26O2. The van der Waals surface area contributed by atoms with Crippen LogP contribution in [0.25, 0.3) is 0 Å². The van der Waals surface area contributed by atoms with Crippen LogP contribution in [0.4, 0.5) is 0 Å². The van der Waals surface area contributed by atoms with E-state index >= 15 is 0 Å². The summed E-state index contributed by atoms with van der Waals surface area (Å²) < 4.78 is 4.62. The zero-order valence-electron chi connectivity index (χ0n) is 10.2. The van der Waals surface area contributed by atoms with Gasteiger partial charge in [0.1, 0.15) is 0 Å². The summed E-state index contributed by atoms with van der Waals surface area (Å²) in [4.78, 5) is 9.84. The van der Waals surface area contributed by atoms with E-state index in [9.17, 15) is 4.79 Å². The first kappa shape index (κ1) is 14.5. The van der Waals surface area contributed by atoms with Crippen molar-refractivity contribution < 1.29 is 9.53 Å². The van der Waals surface area contributed by atoms with Gasteiger partial charge in [-0.25, -0.2) is 0 Å². The topological polar surface area (TPSA) is 26.3 Å². The lowest BCUT2D eigenvalue weighted by Gasteiger charge is -2.01. The third-order valence-electron chi connectivity index (χ3n) is 2.68. The first-order valence-corrected chi connectivity index (χ1v) is 6.47. The van der Waals surface area contributed by atoms with Crippen molar-refractivity contribution in [1.29, 1.82) is 0 Å². The predicted octanol–water partition coefficient (Wildman–Crippen LogP) is 4.08. The van der Waals surface area contributed by atoms with Crippen molar-refractivity contribution in [3.8, 4) is 0 Å². The van der Waals surface area contributed by atoms with E-state index in [1.54, 1.807) is 0 Å². The van der Waals surface area contributed by atoms with Crippen LogP contribution >= 0.6 is 0 Å². The third kappa shape index (κ3) is 13.5. The Bertz CT molecular complexity index is 124. The van der Waals surface area contributed by atoms with Gasteiger partial charge in [0.15, 0.2) is 0 Å². The minimum Gasteiger partial charge on any atom is -0.468 e. The molecule has 15 heavy (non-hydrogen) atoms. The van der Waals surface area contributed by atoms with Gasteiger partial charge in [-0.15, -0.1) is 0 Å². The van der Waals surface area contributed by atoms with Gasteiger partial charge in [-0.2, -0.15) is 0 Å². The quantitative estimate of drug-likeness (QED) is 0.361. The van der Waals surface area contributed by atoms with E-state index in [1.807, 2.05) is 0 Å². The van der Waals surface area contributed by atoms with Gasteiger partial charge in [0, 0.05) is 0 Å². The maximum Gasteiger partial charge on any atom is 0.293 e. The van der Waals surface area contributed by atoms with Crippen LogP contribution in [-0.2, 0) is 9.53 Å². The van der Waals surface area contributed by atoms with E-state index in [4.69, 9.17) is 0 Å². The van der Waals surface area contributed by atoms with Crippen LogP contribution in [0.5, 0.6) is 0 Å². The third-order valence-corrected chi connectivity index (χ3v) is 2.68. The first-order chi connectivity index (χ1) is 7.41. The van der Waals surface area contributed by atoms with Gasteiger partial charge < -0.3 is 4.74 Å². The largest absolute Gasteiger partial charge is 0.468 e. The van der Waals surface area contributed by atoms with Crippen molar-refractivity contribution >= 4 is 6.47 Å². The monoisotopic (exact) mass is 214 g/mol. The Morgan fingerprint density at radius 2 is 1.27 bits per heavy atom. The highest BCUT2D eigenvalue weighted by molar-refractivity contribution is 5.36. The number of carbonyl (C=O) groups is 1. The summed E-state index contributed by atoms with van der Waals surface area (Å²) in [5, 5.41) is 0. The lowest BCUT2D eigenvalue weighted by molar-refractivity contribution is -0.128. The maximum absolute atomic E-state index is 9.84. The fourth-order valence-electron chi connectivity index (χ4n) is 1.72. The molecule has 0 rings (SSSR count). The highest BCUT2D eigenvalue weighted by Gasteiger charge is 1.92. The fourth-order valence-corrected chi connectivity index (χ4v) is 1.72. The van der Waals surface area contributed by atoms with Crippen molar-refractivity contribution in [2.24, 2.45) is 0 Å². The molecule has 2 nitrogen and oxygen atoms in total. The molecule has 0 aliphatic carbocycles. The summed E-state index contributed by atoms with van der Waals surface area (Å²) in [6, 6.07) is 0. The van der Waals surface area contributed by atoms with Crippen molar-refractivity contribution in [2.75, 3.05) is 6.61 Å². The Hall–Kier alpha value is -0.530. The molecule has 0 saturated carbocycles. The van der Waals surface area contributed by atoms with Gasteiger partial charge in [-0.1, -0.05) is 64.7 Å². The number of carbonyl (C=O) groups excluding carboxylic acids is 1. The van der Waals surface area contributed by atoms with Gasteiger partial charge in [0.25, 0.3) is 6.47 Å². The Morgan fingerprint density at radius 3 is 1.73 bits per heavy atom. The van der Waals surface area contributed by atoms with Crippen molar-refractivity contribution in [1.82, 2.24) is 0 Å². The van der Waals surface area contributed by atoms with E-state index in [2.05, 4.69) is 11.7 Å².